The third-order valence-corrected chi connectivity index (χ3v) is 5.61. The van der Waals surface area contributed by atoms with Crippen LogP contribution in [0.2, 0.25) is 0 Å². The highest BCUT2D eigenvalue weighted by Crippen LogP contribution is 2.30. The van der Waals surface area contributed by atoms with Crippen LogP contribution in [-0.2, 0) is 16.1 Å². The fraction of sp³-hybridized carbons (Fsp3) is 0.684. The van der Waals surface area contributed by atoms with Gasteiger partial charge in [-0.3, -0.25) is 4.79 Å². The van der Waals surface area contributed by atoms with Gasteiger partial charge in [0.15, 0.2) is 0 Å². The average Bonchev–Trinajstić information content (AvgIpc) is 3.10. The van der Waals surface area contributed by atoms with E-state index < -0.39 is 0 Å². The molecule has 0 saturated heterocycles. The maximum atomic E-state index is 12.6. The van der Waals surface area contributed by atoms with Gasteiger partial charge in [0.05, 0.1) is 18.6 Å². The summed E-state index contributed by atoms with van der Waals surface area (Å²) in [6, 6.07) is 4.24. The zero-order valence-electron chi connectivity index (χ0n) is 15.2. The lowest BCUT2D eigenvalue weighted by Crippen LogP contribution is -2.47. The number of carbonyl (C=O) groups is 2. The number of carbonyl (C=O) groups excluding carboxylic acids is 2. The zero-order valence-corrected chi connectivity index (χ0v) is 15.2. The number of ether oxygens (including phenoxy) is 1. The van der Waals surface area contributed by atoms with Crippen LogP contribution in [0, 0.1) is 11.8 Å². The summed E-state index contributed by atoms with van der Waals surface area (Å²) in [6.45, 7) is 6.66. The second kappa shape index (κ2) is 7.93. The molecule has 1 aliphatic heterocycles. The van der Waals surface area contributed by atoms with Crippen molar-refractivity contribution in [3.63, 3.8) is 0 Å². The van der Waals surface area contributed by atoms with E-state index in [1.165, 1.54) is 5.69 Å². The molecule has 1 atom stereocenters. The van der Waals surface area contributed by atoms with Crippen LogP contribution in [0.25, 0.3) is 0 Å². The molecule has 0 aromatic carbocycles. The first-order chi connectivity index (χ1) is 12.1. The summed E-state index contributed by atoms with van der Waals surface area (Å²) >= 11 is 0. The van der Waals surface area contributed by atoms with E-state index in [-0.39, 0.29) is 24.0 Å². The van der Waals surface area contributed by atoms with Gasteiger partial charge in [0.1, 0.15) is 0 Å². The van der Waals surface area contributed by atoms with Gasteiger partial charge in [-0.1, -0.05) is 0 Å². The number of esters is 1. The number of fused-ring (bicyclic) bond motifs is 1. The first-order valence-electron chi connectivity index (χ1n) is 9.46. The van der Waals surface area contributed by atoms with Crippen molar-refractivity contribution in [2.45, 2.75) is 52.1 Å². The van der Waals surface area contributed by atoms with Gasteiger partial charge in [0, 0.05) is 31.5 Å². The number of nitrogens with one attached hydrogen (secondary N) is 1. The fourth-order valence-corrected chi connectivity index (χ4v) is 4.05. The molecule has 2 heterocycles. The Bertz CT molecular complexity index is 605. The molecule has 0 radical (unpaired) electrons. The van der Waals surface area contributed by atoms with Gasteiger partial charge in [0.25, 0.3) is 0 Å². The molecule has 138 valence electrons. The fourth-order valence-electron chi connectivity index (χ4n) is 4.05. The monoisotopic (exact) mass is 347 g/mol. The molecule has 0 bridgehead atoms. The minimum atomic E-state index is -0.0601. The molecule has 1 saturated carbocycles. The van der Waals surface area contributed by atoms with Gasteiger partial charge in [-0.15, -0.1) is 0 Å². The van der Waals surface area contributed by atoms with E-state index in [1.54, 1.807) is 0 Å². The molecule has 6 nitrogen and oxygen atoms in total. The summed E-state index contributed by atoms with van der Waals surface area (Å²) in [5.41, 5.74) is 1.19. The molecule has 1 fully saturated rings. The average molecular weight is 347 g/mol. The van der Waals surface area contributed by atoms with Crippen molar-refractivity contribution in [3.05, 3.63) is 24.0 Å². The highest BCUT2D eigenvalue weighted by Gasteiger charge is 2.30. The van der Waals surface area contributed by atoms with Crippen LogP contribution >= 0.6 is 0 Å². The SMILES string of the molecule is CCOC(=O)C1CCC(CNC(=O)N2CCn3cccc3[C@@H]2C)CC1. The summed E-state index contributed by atoms with van der Waals surface area (Å²) in [5.74, 6) is 0.440. The van der Waals surface area contributed by atoms with Crippen LogP contribution in [0.3, 0.4) is 0 Å². The van der Waals surface area contributed by atoms with Gasteiger partial charge in [0.2, 0.25) is 0 Å². The second-order valence-corrected chi connectivity index (χ2v) is 7.15. The van der Waals surface area contributed by atoms with Gasteiger partial charge < -0.3 is 19.5 Å². The van der Waals surface area contributed by atoms with E-state index in [0.29, 0.717) is 19.1 Å². The van der Waals surface area contributed by atoms with Gasteiger partial charge in [-0.25, -0.2) is 4.79 Å². The largest absolute Gasteiger partial charge is 0.466 e. The molecule has 25 heavy (non-hydrogen) atoms. The summed E-state index contributed by atoms with van der Waals surface area (Å²) in [7, 11) is 0. The topological polar surface area (TPSA) is 63.6 Å². The van der Waals surface area contributed by atoms with E-state index in [9.17, 15) is 9.59 Å². The molecular formula is C19H29N3O3. The van der Waals surface area contributed by atoms with E-state index in [1.807, 2.05) is 17.9 Å². The molecule has 0 unspecified atom stereocenters. The Morgan fingerprint density at radius 1 is 1.24 bits per heavy atom. The number of urea groups is 1. The highest BCUT2D eigenvalue weighted by molar-refractivity contribution is 5.75. The summed E-state index contributed by atoms with van der Waals surface area (Å²) in [4.78, 5) is 26.3. The number of nitrogens with zero attached hydrogens (tertiary/aromatic N) is 2. The lowest BCUT2D eigenvalue weighted by molar-refractivity contribution is -0.149. The van der Waals surface area contributed by atoms with E-state index in [2.05, 4.69) is 29.1 Å². The Labute approximate surface area is 149 Å². The summed E-state index contributed by atoms with van der Waals surface area (Å²) in [6.07, 6.45) is 5.76. The normalized spacial score (nSPS) is 26.0. The Hall–Kier alpha value is -1.98. The van der Waals surface area contributed by atoms with E-state index in [4.69, 9.17) is 4.74 Å². The first-order valence-corrected chi connectivity index (χ1v) is 9.46. The molecular weight excluding hydrogens is 318 g/mol. The van der Waals surface area contributed by atoms with Crippen molar-refractivity contribution < 1.29 is 14.3 Å². The van der Waals surface area contributed by atoms with Crippen molar-refractivity contribution in [3.8, 4) is 0 Å². The minimum absolute atomic E-state index is 0.0208. The minimum Gasteiger partial charge on any atom is -0.466 e. The predicted molar refractivity (Wildman–Crippen MR) is 95.0 cm³/mol. The third-order valence-electron chi connectivity index (χ3n) is 5.61. The quantitative estimate of drug-likeness (QED) is 0.852. The maximum Gasteiger partial charge on any atom is 0.318 e. The van der Waals surface area contributed by atoms with Crippen molar-refractivity contribution >= 4 is 12.0 Å². The molecule has 2 aliphatic rings. The molecule has 1 aromatic heterocycles. The van der Waals surface area contributed by atoms with Crippen LogP contribution in [0.15, 0.2) is 18.3 Å². The Balaban J connectivity index is 1.44. The van der Waals surface area contributed by atoms with Crippen molar-refractivity contribution in [1.82, 2.24) is 14.8 Å². The molecule has 6 heteroatoms. The van der Waals surface area contributed by atoms with Gasteiger partial charge in [-0.05, 0) is 57.6 Å². The van der Waals surface area contributed by atoms with Crippen LogP contribution in [0.5, 0.6) is 0 Å². The maximum absolute atomic E-state index is 12.6. The van der Waals surface area contributed by atoms with Crippen molar-refractivity contribution in [2.75, 3.05) is 19.7 Å². The smallest absolute Gasteiger partial charge is 0.318 e. The lowest BCUT2D eigenvalue weighted by Gasteiger charge is -2.35. The van der Waals surface area contributed by atoms with Crippen LogP contribution < -0.4 is 5.32 Å². The summed E-state index contributed by atoms with van der Waals surface area (Å²) < 4.78 is 7.32. The Kier molecular flexibility index (Phi) is 5.66. The van der Waals surface area contributed by atoms with Gasteiger partial charge in [-0.2, -0.15) is 0 Å². The highest BCUT2D eigenvalue weighted by atomic mass is 16.5. The lowest BCUT2D eigenvalue weighted by atomic mass is 9.82. The zero-order chi connectivity index (χ0) is 17.8. The number of rotatable bonds is 4. The Morgan fingerprint density at radius 3 is 2.72 bits per heavy atom. The molecule has 2 amide bonds. The standard InChI is InChI=1S/C19H29N3O3/c1-3-25-18(23)16-8-6-15(7-9-16)13-20-19(24)22-12-11-21-10-4-5-17(21)14(22)2/h4-5,10,14-16H,3,6-9,11-13H2,1-2H3,(H,20,24)/t14-,15?,16?/m0/s1. The van der Waals surface area contributed by atoms with Crippen molar-refractivity contribution in [2.24, 2.45) is 11.8 Å². The molecule has 1 aliphatic carbocycles. The first kappa shape index (κ1) is 17.8. The second-order valence-electron chi connectivity index (χ2n) is 7.15. The number of hydrogen-bond donors (Lipinski definition) is 1. The van der Waals surface area contributed by atoms with Crippen molar-refractivity contribution in [1.29, 1.82) is 0 Å². The predicted octanol–water partition coefficient (Wildman–Crippen LogP) is 2.94. The van der Waals surface area contributed by atoms with Gasteiger partial charge >= 0.3 is 12.0 Å². The van der Waals surface area contributed by atoms with E-state index >= 15 is 0 Å². The molecule has 1 N–H and O–H groups in total. The molecule has 1 aromatic rings. The van der Waals surface area contributed by atoms with E-state index in [0.717, 1.165) is 38.8 Å². The Morgan fingerprint density at radius 2 is 2.00 bits per heavy atom. The number of aromatic nitrogens is 1. The third kappa shape index (κ3) is 3.99. The molecule has 0 spiro atoms. The number of amides is 2. The van der Waals surface area contributed by atoms with Crippen LogP contribution in [-0.4, -0.2) is 41.2 Å². The van der Waals surface area contributed by atoms with Crippen LogP contribution in [0.1, 0.15) is 51.3 Å². The van der Waals surface area contributed by atoms with Crippen LogP contribution in [0.4, 0.5) is 4.79 Å². The summed E-state index contributed by atoms with van der Waals surface area (Å²) in [5, 5.41) is 3.11. The number of hydrogen-bond acceptors (Lipinski definition) is 3. The molecule has 3 rings (SSSR count).